The molecule has 0 atom stereocenters. The van der Waals surface area contributed by atoms with Crippen LogP contribution in [0.3, 0.4) is 0 Å². The zero-order chi connectivity index (χ0) is 13.9. The molecule has 0 aliphatic rings. The summed E-state index contributed by atoms with van der Waals surface area (Å²) in [7, 11) is 1.64. The maximum absolute atomic E-state index is 12.2. The van der Waals surface area contributed by atoms with Crippen LogP contribution in [0, 0.1) is 6.92 Å². The number of rotatable bonds is 4. The van der Waals surface area contributed by atoms with Crippen molar-refractivity contribution in [1.82, 2.24) is 9.88 Å². The van der Waals surface area contributed by atoms with E-state index in [1.165, 1.54) is 4.90 Å². The summed E-state index contributed by atoms with van der Waals surface area (Å²) in [5.74, 6) is 5.55. The zero-order valence-corrected chi connectivity index (χ0v) is 11.2. The fourth-order valence-electron chi connectivity index (χ4n) is 1.74. The zero-order valence-electron chi connectivity index (χ0n) is 11.2. The quantitative estimate of drug-likeness (QED) is 0.536. The van der Waals surface area contributed by atoms with Crippen molar-refractivity contribution in [2.24, 2.45) is 5.84 Å². The number of aliphatic hydroxyl groups is 1. The van der Waals surface area contributed by atoms with Gasteiger partial charge in [-0.15, -0.1) is 0 Å². The Labute approximate surface area is 107 Å². The number of pyridine rings is 1. The number of amides is 1. The summed E-state index contributed by atoms with van der Waals surface area (Å²) in [5.41, 5.74) is 2.68. The van der Waals surface area contributed by atoms with E-state index in [1.54, 1.807) is 40.0 Å². The molecule has 1 aromatic rings. The molecule has 0 spiro atoms. The molecular weight excluding hydrogens is 232 g/mol. The lowest BCUT2D eigenvalue weighted by Crippen LogP contribution is -2.39. The third-order valence-corrected chi connectivity index (χ3v) is 2.32. The van der Waals surface area contributed by atoms with E-state index in [4.69, 9.17) is 5.84 Å². The summed E-state index contributed by atoms with van der Waals surface area (Å²) in [6.07, 6.45) is 0. The average Bonchev–Trinajstić information content (AvgIpc) is 2.24. The van der Waals surface area contributed by atoms with Gasteiger partial charge >= 0.3 is 0 Å². The van der Waals surface area contributed by atoms with Crippen LogP contribution in [0.5, 0.6) is 0 Å². The van der Waals surface area contributed by atoms with Crippen molar-refractivity contribution in [2.45, 2.75) is 26.4 Å². The predicted octanol–water partition coefficient (Wildman–Crippen LogP) is 0.519. The van der Waals surface area contributed by atoms with E-state index in [1.807, 2.05) is 0 Å². The van der Waals surface area contributed by atoms with Gasteiger partial charge in [-0.2, -0.15) is 0 Å². The Morgan fingerprint density at radius 2 is 2.17 bits per heavy atom. The first kappa shape index (κ1) is 14.4. The van der Waals surface area contributed by atoms with Gasteiger partial charge in [0.05, 0.1) is 5.60 Å². The number of aryl methyl sites for hydroxylation is 1. The third kappa shape index (κ3) is 3.97. The molecular formula is C12H20N4O2. The van der Waals surface area contributed by atoms with Gasteiger partial charge in [0.25, 0.3) is 5.91 Å². The number of nitrogens with two attached hydrogens (primary N) is 1. The number of likely N-dealkylation sites (N-methyl/N-ethyl adjacent to an activating group) is 1. The largest absolute Gasteiger partial charge is 0.389 e. The fraction of sp³-hybridized carbons (Fsp3) is 0.500. The van der Waals surface area contributed by atoms with Gasteiger partial charge in [-0.05, 0) is 32.9 Å². The van der Waals surface area contributed by atoms with E-state index in [2.05, 4.69) is 10.4 Å². The molecule has 6 heteroatoms. The second-order valence-corrected chi connectivity index (χ2v) is 5.00. The molecule has 0 radical (unpaired) electrons. The summed E-state index contributed by atoms with van der Waals surface area (Å²) < 4.78 is 0. The van der Waals surface area contributed by atoms with Gasteiger partial charge in [-0.3, -0.25) is 4.79 Å². The second-order valence-electron chi connectivity index (χ2n) is 5.00. The Hall–Kier alpha value is -1.66. The number of aromatic nitrogens is 1. The molecule has 0 saturated carbocycles. The Morgan fingerprint density at radius 1 is 1.56 bits per heavy atom. The van der Waals surface area contributed by atoms with E-state index in [0.29, 0.717) is 17.1 Å². The van der Waals surface area contributed by atoms with E-state index < -0.39 is 5.60 Å². The lowest BCUT2D eigenvalue weighted by atomic mass is 10.1. The molecule has 6 nitrogen and oxygen atoms in total. The molecule has 1 heterocycles. The first-order valence-corrected chi connectivity index (χ1v) is 5.66. The Bertz CT molecular complexity index is 440. The van der Waals surface area contributed by atoms with Crippen molar-refractivity contribution >= 4 is 11.7 Å². The first-order valence-electron chi connectivity index (χ1n) is 5.66. The fourth-order valence-corrected chi connectivity index (χ4v) is 1.74. The molecule has 1 amide bonds. The molecule has 0 unspecified atom stereocenters. The summed E-state index contributed by atoms with van der Waals surface area (Å²) in [5, 5.41) is 9.70. The molecule has 0 bridgehead atoms. The minimum absolute atomic E-state index is 0.181. The lowest BCUT2D eigenvalue weighted by Gasteiger charge is -2.25. The maximum atomic E-state index is 12.2. The van der Waals surface area contributed by atoms with E-state index in [0.717, 1.165) is 0 Å². The molecule has 1 rings (SSSR count). The van der Waals surface area contributed by atoms with Gasteiger partial charge in [-0.25, -0.2) is 10.8 Å². The van der Waals surface area contributed by atoms with Gasteiger partial charge in [0.1, 0.15) is 5.82 Å². The number of hydrogen-bond donors (Lipinski definition) is 3. The number of anilines is 1. The highest BCUT2D eigenvalue weighted by Crippen LogP contribution is 2.13. The van der Waals surface area contributed by atoms with Gasteiger partial charge in [0, 0.05) is 24.8 Å². The Kier molecular flexibility index (Phi) is 4.26. The van der Waals surface area contributed by atoms with Crippen molar-refractivity contribution in [3.05, 3.63) is 23.4 Å². The number of nitrogens with zero attached hydrogens (tertiary/aromatic N) is 2. The molecule has 1 aromatic heterocycles. The molecule has 0 aliphatic heterocycles. The van der Waals surface area contributed by atoms with Crippen LogP contribution in [0.15, 0.2) is 12.1 Å². The number of carbonyl (C=O) groups is 1. The van der Waals surface area contributed by atoms with Crippen molar-refractivity contribution < 1.29 is 9.90 Å². The Balaban J connectivity index is 2.93. The molecule has 0 aromatic carbocycles. The SMILES string of the molecule is Cc1cc(C(=O)N(C)CC(C)(C)O)cc(NN)n1. The van der Waals surface area contributed by atoms with Gasteiger partial charge in [-0.1, -0.05) is 0 Å². The molecule has 0 saturated heterocycles. The smallest absolute Gasteiger partial charge is 0.253 e. The number of nitrogens with one attached hydrogen (secondary N) is 1. The van der Waals surface area contributed by atoms with Crippen LogP contribution < -0.4 is 11.3 Å². The summed E-state index contributed by atoms with van der Waals surface area (Å²) >= 11 is 0. The summed E-state index contributed by atoms with van der Waals surface area (Å²) in [4.78, 5) is 17.7. The van der Waals surface area contributed by atoms with E-state index in [-0.39, 0.29) is 12.5 Å². The van der Waals surface area contributed by atoms with Crippen LogP contribution in [-0.2, 0) is 0 Å². The first-order chi connectivity index (χ1) is 8.23. The topological polar surface area (TPSA) is 91.5 Å². The summed E-state index contributed by atoms with van der Waals surface area (Å²) in [6.45, 7) is 5.34. The molecule has 0 fully saturated rings. The molecule has 18 heavy (non-hydrogen) atoms. The minimum Gasteiger partial charge on any atom is -0.389 e. The normalized spacial score (nSPS) is 11.2. The van der Waals surface area contributed by atoms with Crippen LogP contribution in [0.4, 0.5) is 5.82 Å². The third-order valence-electron chi connectivity index (χ3n) is 2.32. The molecule has 100 valence electrons. The van der Waals surface area contributed by atoms with Crippen LogP contribution >= 0.6 is 0 Å². The van der Waals surface area contributed by atoms with E-state index >= 15 is 0 Å². The van der Waals surface area contributed by atoms with Gasteiger partial charge in [0.2, 0.25) is 0 Å². The van der Waals surface area contributed by atoms with Gasteiger partial charge < -0.3 is 15.4 Å². The van der Waals surface area contributed by atoms with Crippen molar-refractivity contribution in [3.63, 3.8) is 0 Å². The minimum atomic E-state index is -0.929. The van der Waals surface area contributed by atoms with Crippen molar-refractivity contribution in [3.8, 4) is 0 Å². The van der Waals surface area contributed by atoms with Crippen LogP contribution in [0.1, 0.15) is 29.9 Å². The maximum Gasteiger partial charge on any atom is 0.253 e. The number of carbonyl (C=O) groups excluding carboxylic acids is 1. The number of hydrazine groups is 1. The van der Waals surface area contributed by atoms with Crippen LogP contribution in [-0.4, -0.2) is 40.1 Å². The average molecular weight is 252 g/mol. The lowest BCUT2D eigenvalue weighted by molar-refractivity contribution is 0.0368. The van der Waals surface area contributed by atoms with Crippen LogP contribution in [0.2, 0.25) is 0 Å². The highest BCUT2D eigenvalue weighted by Gasteiger charge is 2.20. The highest BCUT2D eigenvalue weighted by atomic mass is 16.3. The van der Waals surface area contributed by atoms with E-state index in [9.17, 15) is 9.90 Å². The standard InChI is InChI=1S/C12H20N4O2/c1-8-5-9(6-10(14-8)15-13)11(17)16(4)7-12(2,3)18/h5-6,18H,7,13H2,1-4H3,(H,14,15). The second kappa shape index (κ2) is 5.32. The number of nitrogen functional groups attached to an aromatic ring is 1. The monoisotopic (exact) mass is 252 g/mol. The summed E-state index contributed by atoms with van der Waals surface area (Å²) in [6, 6.07) is 3.26. The van der Waals surface area contributed by atoms with Gasteiger partial charge in [0.15, 0.2) is 0 Å². The molecule has 0 aliphatic carbocycles. The van der Waals surface area contributed by atoms with Crippen LogP contribution in [0.25, 0.3) is 0 Å². The Morgan fingerprint density at radius 3 is 2.67 bits per heavy atom. The van der Waals surface area contributed by atoms with Crippen molar-refractivity contribution in [2.75, 3.05) is 19.0 Å². The predicted molar refractivity (Wildman–Crippen MR) is 70.0 cm³/mol. The molecule has 4 N–H and O–H groups in total. The number of hydrogen-bond acceptors (Lipinski definition) is 5. The highest BCUT2D eigenvalue weighted by molar-refractivity contribution is 5.94. The van der Waals surface area contributed by atoms with Crippen molar-refractivity contribution in [1.29, 1.82) is 0 Å².